The van der Waals surface area contributed by atoms with E-state index in [0.717, 1.165) is 50.3 Å². The number of halogens is 1. The first-order valence-corrected chi connectivity index (χ1v) is 11.5. The van der Waals surface area contributed by atoms with Gasteiger partial charge < -0.3 is 4.90 Å². The van der Waals surface area contributed by atoms with Gasteiger partial charge in [-0.3, -0.25) is 4.79 Å². The minimum atomic E-state index is 0.00292. The molecule has 3 heterocycles. The van der Waals surface area contributed by atoms with Crippen LogP contribution in [-0.4, -0.2) is 43.6 Å². The summed E-state index contributed by atoms with van der Waals surface area (Å²) in [5.41, 5.74) is 1.54. The number of aromatic nitrogens is 4. The highest BCUT2D eigenvalue weighted by atomic mass is 35.5. The number of para-hydroxylation sites is 1. The Balaban J connectivity index is 1.37. The number of amides is 1. The summed E-state index contributed by atoms with van der Waals surface area (Å²) in [5, 5.41) is 6.38. The monoisotopic (exact) mass is 439 g/mol. The molecule has 30 heavy (non-hydrogen) atoms. The summed E-state index contributed by atoms with van der Waals surface area (Å²) < 4.78 is 1.92. The predicted octanol–water partition coefficient (Wildman–Crippen LogP) is 4.97. The average Bonchev–Trinajstić information content (AvgIpc) is 3.55. The maximum absolute atomic E-state index is 12.7. The number of piperidine rings is 1. The van der Waals surface area contributed by atoms with Crippen LogP contribution in [0.25, 0.3) is 5.69 Å². The quantitative estimate of drug-likeness (QED) is 0.561. The summed E-state index contributed by atoms with van der Waals surface area (Å²) >= 11 is 7.82. The molecular formula is C22H22ClN5OS. The fourth-order valence-corrected chi connectivity index (χ4v) is 4.67. The maximum atomic E-state index is 12.7. The van der Waals surface area contributed by atoms with Gasteiger partial charge in [0.05, 0.1) is 16.3 Å². The number of carbonyl (C=O) groups excluding carboxylic acids is 1. The van der Waals surface area contributed by atoms with Crippen LogP contribution in [0.4, 0.5) is 0 Å². The molecule has 0 radical (unpaired) electrons. The van der Waals surface area contributed by atoms with Gasteiger partial charge in [0.25, 0.3) is 5.91 Å². The van der Waals surface area contributed by atoms with Crippen LogP contribution in [0.1, 0.15) is 54.2 Å². The number of likely N-dealkylation sites (tertiary alicyclic amines) is 1. The lowest BCUT2D eigenvalue weighted by Crippen LogP contribution is -2.35. The van der Waals surface area contributed by atoms with E-state index in [1.54, 1.807) is 12.3 Å². The number of nitrogens with zero attached hydrogens (tertiary/aromatic N) is 5. The van der Waals surface area contributed by atoms with Gasteiger partial charge in [-0.15, -0.1) is 5.10 Å². The summed E-state index contributed by atoms with van der Waals surface area (Å²) in [4.78, 5) is 23.8. The number of hydrogen-bond donors (Lipinski definition) is 0. The Kier molecular flexibility index (Phi) is 5.48. The molecular weight excluding hydrogens is 418 g/mol. The van der Waals surface area contributed by atoms with Crippen molar-refractivity contribution in [2.24, 2.45) is 0 Å². The van der Waals surface area contributed by atoms with Crippen molar-refractivity contribution in [3.63, 3.8) is 0 Å². The van der Waals surface area contributed by atoms with E-state index >= 15 is 0 Å². The average molecular weight is 440 g/mol. The Morgan fingerprint density at radius 3 is 2.57 bits per heavy atom. The summed E-state index contributed by atoms with van der Waals surface area (Å²) in [6.45, 7) is 1.61. The zero-order valence-electron chi connectivity index (χ0n) is 16.5. The van der Waals surface area contributed by atoms with Crippen molar-refractivity contribution in [3.05, 3.63) is 59.0 Å². The lowest BCUT2D eigenvalue weighted by molar-refractivity contribution is 0.0724. The molecule has 5 rings (SSSR count). The molecule has 2 fully saturated rings. The van der Waals surface area contributed by atoms with E-state index in [9.17, 15) is 4.79 Å². The van der Waals surface area contributed by atoms with Crippen LogP contribution < -0.4 is 0 Å². The summed E-state index contributed by atoms with van der Waals surface area (Å²) in [7, 11) is 0. The molecule has 3 aromatic rings. The molecule has 2 aliphatic rings. The molecule has 0 spiro atoms. The third-order valence-corrected chi connectivity index (χ3v) is 6.72. The van der Waals surface area contributed by atoms with Gasteiger partial charge in [0, 0.05) is 25.2 Å². The van der Waals surface area contributed by atoms with Crippen molar-refractivity contribution in [3.8, 4) is 5.69 Å². The van der Waals surface area contributed by atoms with Gasteiger partial charge >= 0.3 is 0 Å². The fraction of sp³-hybridized carbons (Fsp3) is 0.364. The third kappa shape index (κ3) is 4.09. The van der Waals surface area contributed by atoms with Crippen LogP contribution in [0.15, 0.2) is 52.8 Å². The highest BCUT2D eigenvalue weighted by Gasteiger charge is 2.31. The summed E-state index contributed by atoms with van der Waals surface area (Å²) in [6, 6.07) is 11.8. The minimum absolute atomic E-state index is 0.00292. The summed E-state index contributed by atoms with van der Waals surface area (Å²) in [6.07, 6.45) is 7.19. The van der Waals surface area contributed by atoms with E-state index in [1.165, 1.54) is 18.2 Å². The Morgan fingerprint density at radius 1 is 1.10 bits per heavy atom. The standard InChI is InChI=1S/C22H22ClN5OS/c23-18-13-16(21(29)27-11-5-2-6-12-27)14-24-20(18)30-22-25-19(15-9-10-15)28(26-22)17-7-3-1-4-8-17/h1,3-4,7-8,13-15H,2,5-6,9-12H2. The van der Waals surface area contributed by atoms with Crippen molar-refractivity contribution in [2.75, 3.05) is 13.1 Å². The van der Waals surface area contributed by atoms with Crippen LogP contribution in [0, 0.1) is 0 Å². The normalized spacial score (nSPS) is 16.6. The molecule has 8 heteroatoms. The molecule has 1 aliphatic heterocycles. The maximum Gasteiger partial charge on any atom is 0.255 e. The van der Waals surface area contributed by atoms with Crippen LogP contribution in [0.5, 0.6) is 0 Å². The van der Waals surface area contributed by atoms with Crippen molar-refractivity contribution in [2.45, 2.75) is 48.2 Å². The second-order valence-corrected chi connectivity index (χ2v) is 9.10. The first-order valence-electron chi connectivity index (χ1n) is 10.3. The molecule has 2 aromatic heterocycles. The van der Waals surface area contributed by atoms with Crippen LogP contribution >= 0.6 is 23.4 Å². The van der Waals surface area contributed by atoms with E-state index in [2.05, 4.69) is 4.98 Å². The molecule has 0 N–H and O–H groups in total. The van der Waals surface area contributed by atoms with Gasteiger partial charge in [-0.1, -0.05) is 29.8 Å². The molecule has 0 unspecified atom stereocenters. The number of rotatable bonds is 5. The molecule has 0 bridgehead atoms. The Labute approximate surface area is 184 Å². The molecule has 154 valence electrons. The number of benzene rings is 1. The first-order chi connectivity index (χ1) is 14.7. The van der Waals surface area contributed by atoms with Gasteiger partial charge in [-0.25, -0.2) is 14.6 Å². The number of pyridine rings is 1. The predicted molar refractivity (Wildman–Crippen MR) is 116 cm³/mol. The van der Waals surface area contributed by atoms with Gasteiger partial charge in [-0.05, 0) is 62.1 Å². The van der Waals surface area contributed by atoms with E-state index in [1.807, 2.05) is 39.9 Å². The lowest BCUT2D eigenvalue weighted by atomic mass is 10.1. The van der Waals surface area contributed by atoms with Crippen LogP contribution in [-0.2, 0) is 0 Å². The molecule has 1 aliphatic carbocycles. The van der Waals surface area contributed by atoms with Crippen LogP contribution in [0.2, 0.25) is 5.02 Å². The van der Waals surface area contributed by atoms with E-state index in [-0.39, 0.29) is 5.91 Å². The third-order valence-electron chi connectivity index (χ3n) is 5.44. The molecule has 6 nitrogen and oxygen atoms in total. The molecule has 1 saturated heterocycles. The smallest absolute Gasteiger partial charge is 0.255 e. The minimum Gasteiger partial charge on any atom is -0.339 e. The van der Waals surface area contributed by atoms with Crippen molar-refractivity contribution in [1.29, 1.82) is 0 Å². The second kappa shape index (κ2) is 8.40. The zero-order valence-corrected chi connectivity index (χ0v) is 18.1. The zero-order chi connectivity index (χ0) is 20.5. The largest absolute Gasteiger partial charge is 0.339 e. The van der Waals surface area contributed by atoms with E-state index in [4.69, 9.17) is 21.7 Å². The lowest BCUT2D eigenvalue weighted by Gasteiger charge is -2.26. The molecule has 1 amide bonds. The van der Waals surface area contributed by atoms with Gasteiger partial charge in [0.1, 0.15) is 10.9 Å². The Morgan fingerprint density at radius 2 is 1.87 bits per heavy atom. The number of carbonyl (C=O) groups is 1. The van der Waals surface area contributed by atoms with Gasteiger partial charge in [-0.2, -0.15) is 0 Å². The van der Waals surface area contributed by atoms with Gasteiger partial charge in [0.15, 0.2) is 0 Å². The fourth-order valence-electron chi connectivity index (χ4n) is 3.70. The summed E-state index contributed by atoms with van der Waals surface area (Å²) in [5.74, 6) is 1.44. The van der Waals surface area contributed by atoms with Crippen molar-refractivity contribution in [1.82, 2.24) is 24.6 Å². The topological polar surface area (TPSA) is 63.9 Å². The number of hydrogen-bond acceptors (Lipinski definition) is 5. The Bertz CT molecular complexity index is 1060. The first kappa shape index (κ1) is 19.6. The van der Waals surface area contributed by atoms with E-state index < -0.39 is 0 Å². The Hall–Kier alpha value is -2.38. The second-order valence-electron chi connectivity index (χ2n) is 7.74. The van der Waals surface area contributed by atoms with Crippen LogP contribution in [0.3, 0.4) is 0 Å². The van der Waals surface area contributed by atoms with E-state index in [0.29, 0.717) is 26.7 Å². The SMILES string of the molecule is O=C(c1cnc(Sc2nc(C3CC3)n(-c3ccccc3)n2)c(Cl)c1)N1CCCCC1. The van der Waals surface area contributed by atoms with Gasteiger partial charge in [0.2, 0.25) is 5.16 Å². The highest BCUT2D eigenvalue weighted by molar-refractivity contribution is 7.99. The highest BCUT2D eigenvalue weighted by Crippen LogP contribution is 2.41. The molecule has 1 aromatic carbocycles. The van der Waals surface area contributed by atoms with Crippen molar-refractivity contribution < 1.29 is 4.79 Å². The molecule has 1 saturated carbocycles. The molecule has 0 atom stereocenters. The van der Waals surface area contributed by atoms with Crippen molar-refractivity contribution >= 4 is 29.3 Å².